The van der Waals surface area contributed by atoms with E-state index in [1.165, 1.54) is 18.7 Å². The third kappa shape index (κ3) is 5.71. The molecule has 164 valence electrons. The molecule has 9 nitrogen and oxygen atoms in total. The molecule has 1 aliphatic rings. The summed E-state index contributed by atoms with van der Waals surface area (Å²) in [5.41, 5.74) is -2.57. The number of nitrogens with zero attached hydrogens (tertiary/aromatic N) is 1. The fraction of sp³-hybridized carbons (Fsp3) is 0.524. The summed E-state index contributed by atoms with van der Waals surface area (Å²) in [6.07, 6.45) is -0.479. The van der Waals surface area contributed by atoms with Crippen LogP contribution in [0.25, 0.3) is 0 Å². The van der Waals surface area contributed by atoms with E-state index in [-0.39, 0.29) is 19.5 Å². The average Bonchev–Trinajstić information content (AvgIpc) is 2.59. The number of hydrogen-bond donors (Lipinski definition) is 3. The lowest BCUT2D eigenvalue weighted by Gasteiger charge is -2.48. The van der Waals surface area contributed by atoms with Crippen molar-refractivity contribution in [3.63, 3.8) is 0 Å². The third-order valence-electron chi connectivity index (χ3n) is 4.57. The molecule has 1 fully saturated rings. The van der Waals surface area contributed by atoms with Crippen molar-refractivity contribution < 1.29 is 29.0 Å². The van der Waals surface area contributed by atoms with Crippen molar-refractivity contribution in [3.8, 4) is 0 Å². The highest BCUT2D eigenvalue weighted by Gasteiger charge is 2.54. The van der Waals surface area contributed by atoms with Crippen LogP contribution in [0.1, 0.15) is 40.2 Å². The van der Waals surface area contributed by atoms with E-state index in [0.717, 1.165) is 5.56 Å². The van der Waals surface area contributed by atoms with Crippen LogP contribution in [0, 0.1) is 0 Å². The Balaban J connectivity index is 2.11. The van der Waals surface area contributed by atoms with E-state index in [1.54, 1.807) is 20.8 Å². The van der Waals surface area contributed by atoms with Crippen molar-refractivity contribution in [1.29, 1.82) is 0 Å². The zero-order valence-corrected chi connectivity index (χ0v) is 17.9. The van der Waals surface area contributed by atoms with Crippen molar-refractivity contribution >= 4 is 23.9 Å². The van der Waals surface area contributed by atoms with E-state index in [2.05, 4.69) is 10.6 Å². The summed E-state index contributed by atoms with van der Waals surface area (Å²) < 4.78 is 5.30. The molecule has 0 saturated carbocycles. The predicted molar refractivity (Wildman–Crippen MR) is 109 cm³/mol. The maximum absolute atomic E-state index is 13.0. The van der Waals surface area contributed by atoms with Gasteiger partial charge in [0.15, 0.2) is 0 Å². The number of carbonyl (C=O) groups is 4. The normalized spacial score (nSPS) is 19.0. The molecule has 1 saturated heterocycles. The number of aliphatic carboxylic acids is 1. The van der Waals surface area contributed by atoms with Crippen molar-refractivity contribution in [2.45, 2.75) is 57.7 Å². The van der Waals surface area contributed by atoms with Gasteiger partial charge in [0.1, 0.15) is 16.7 Å². The van der Waals surface area contributed by atoms with Crippen molar-refractivity contribution in [2.75, 3.05) is 13.1 Å². The Bertz CT molecular complexity index is 831. The summed E-state index contributed by atoms with van der Waals surface area (Å²) in [4.78, 5) is 50.0. The molecular formula is C21H29N3O6. The second kappa shape index (κ2) is 8.33. The number of benzene rings is 1. The zero-order chi connectivity index (χ0) is 22.7. The van der Waals surface area contributed by atoms with Gasteiger partial charge in [-0.2, -0.15) is 0 Å². The molecule has 0 radical (unpaired) electrons. The number of nitrogens with one attached hydrogen (secondary N) is 2. The highest BCUT2D eigenvalue weighted by atomic mass is 16.6. The number of hydrogen-bond acceptors (Lipinski definition) is 5. The minimum Gasteiger partial charge on any atom is -0.480 e. The summed E-state index contributed by atoms with van der Waals surface area (Å²) in [6, 6.07) is 9.20. The Morgan fingerprint density at radius 3 is 2.23 bits per heavy atom. The molecule has 3 N–H and O–H groups in total. The first-order chi connectivity index (χ1) is 13.7. The van der Waals surface area contributed by atoms with E-state index >= 15 is 0 Å². The average molecular weight is 419 g/mol. The Labute approximate surface area is 175 Å². The smallest absolute Gasteiger partial charge is 0.408 e. The fourth-order valence-corrected chi connectivity index (χ4v) is 3.13. The van der Waals surface area contributed by atoms with Gasteiger partial charge in [-0.15, -0.1) is 0 Å². The molecule has 0 unspecified atom stereocenters. The van der Waals surface area contributed by atoms with Gasteiger partial charge in [-0.1, -0.05) is 30.3 Å². The van der Waals surface area contributed by atoms with E-state index in [9.17, 15) is 19.2 Å². The molecule has 0 aromatic heterocycles. The van der Waals surface area contributed by atoms with Gasteiger partial charge in [0.2, 0.25) is 5.91 Å². The van der Waals surface area contributed by atoms with Gasteiger partial charge in [0.05, 0.1) is 13.1 Å². The monoisotopic (exact) mass is 419 g/mol. The standard InChI is InChI=1S/C21H29N3O6/c1-19(2,3)30-18(29)23-21(11-14-9-7-6-8-10-14)13-24(16(21)26)12-15(25)22-20(4,5)17(27)28/h6-10H,11-13H2,1-5H3,(H,22,25)(H,23,29)(H,27,28)/t21-/m1/s1. The first-order valence-electron chi connectivity index (χ1n) is 9.63. The molecular weight excluding hydrogens is 390 g/mol. The van der Waals surface area contributed by atoms with Gasteiger partial charge in [-0.25, -0.2) is 9.59 Å². The highest BCUT2D eigenvalue weighted by molar-refractivity contribution is 5.99. The van der Waals surface area contributed by atoms with Gasteiger partial charge in [0.25, 0.3) is 5.91 Å². The molecule has 0 bridgehead atoms. The van der Waals surface area contributed by atoms with E-state index < -0.39 is 40.6 Å². The lowest BCUT2D eigenvalue weighted by atomic mass is 9.82. The van der Waals surface area contributed by atoms with E-state index in [1.807, 2.05) is 30.3 Å². The first kappa shape index (κ1) is 23.2. The predicted octanol–water partition coefficient (Wildman–Crippen LogP) is 1.31. The van der Waals surface area contributed by atoms with Gasteiger partial charge >= 0.3 is 12.1 Å². The number of likely N-dealkylation sites (tertiary alicyclic amines) is 1. The molecule has 1 aliphatic heterocycles. The summed E-state index contributed by atoms with van der Waals surface area (Å²) >= 11 is 0. The van der Waals surface area contributed by atoms with Crippen LogP contribution < -0.4 is 10.6 Å². The minimum atomic E-state index is -1.46. The Morgan fingerprint density at radius 2 is 1.73 bits per heavy atom. The quantitative estimate of drug-likeness (QED) is 0.573. The van der Waals surface area contributed by atoms with Crippen LogP contribution in [0.4, 0.5) is 4.79 Å². The molecule has 9 heteroatoms. The molecule has 0 spiro atoms. The summed E-state index contributed by atoms with van der Waals surface area (Å²) in [5.74, 6) is -2.21. The van der Waals surface area contributed by atoms with Gasteiger partial charge in [0, 0.05) is 6.42 Å². The number of carbonyl (C=O) groups excluding carboxylic acids is 3. The van der Waals surface area contributed by atoms with Crippen molar-refractivity contribution in [3.05, 3.63) is 35.9 Å². The fourth-order valence-electron chi connectivity index (χ4n) is 3.13. The number of carboxylic acid groups (broad SMARTS) is 1. The Morgan fingerprint density at radius 1 is 1.13 bits per heavy atom. The van der Waals surface area contributed by atoms with Gasteiger partial charge < -0.3 is 25.4 Å². The summed E-state index contributed by atoms with van der Waals surface area (Å²) in [7, 11) is 0. The largest absolute Gasteiger partial charge is 0.480 e. The Hall–Kier alpha value is -3.10. The van der Waals surface area contributed by atoms with Crippen molar-refractivity contribution in [1.82, 2.24) is 15.5 Å². The van der Waals surface area contributed by atoms with Crippen molar-refractivity contribution in [2.24, 2.45) is 0 Å². The lowest BCUT2D eigenvalue weighted by molar-refractivity contribution is -0.156. The first-order valence-corrected chi connectivity index (χ1v) is 9.63. The molecule has 30 heavy (non-hydrogen) atoms. The van der Waals surface area contributed by atoms with Crippen LogP contribution in [0.15, 0.2) is 30.3 Å². The van der Waals surface area contributed by atoms with Crippen LogP contribution in [0.5, 0.6) is 0 Å². The van der Waals surface area contributed by atoms with E-state index in [4.69, 9.17) is 9.84 Å². The van der Waals surface area contributed by atoms with Gasteiger partial charge in [-0.3, -0.25) is 9.59 Å². The minimum absolute atomic E-state index is 0.0981. The molecule has 0 aliphatic carbocycles. The number of carboxylic acids is 1. The lowest BCUT2D eigenvalue weighted by Crippen LogP contribution is -2.76. The molecule has 1 heterocycles. The Kier molecular flexibility index (Phi) is 6.44. The third-order valence-corrected chi connectivity index (χ3v) is 4.57. The molecule has 1 aromatic carbocycles. The molecule has 1 aromatic rings. The number of amides is 3. The SMILES string of the molecule is CC(C)(C)OC(=O)N[C@]1(Cc2ccccc2)CN(CC(=O)NC(C)(C)C(=O)O)C1=O. The van der Waals surface area contributed by atoms with Crippen LogP contribution in [0.3, 0.4) is 0 Å². The number of β-lactam (4-membered cyclic amide) rings is 1. The van der Waals surface area contributed by atoms with Crippen LogP contribution >= 0.6 is 0 Å². The zero-order valence-electron chi connectivity index (χ0n) is 17.9. The summed E-state index contributed by atoms with van der Waals surface area (Å²) in [5, 5.41) is 14.2. The highest BCUT2D eigenvalue weighted by Crippen LogP contribution is 2.28. The molecule has 2 rings (SSSR count). The second-order valence-corrected chi connectivity index (χ2v) is 9.01. The molecule has 1 atom stereocenters. The number of alkyl carbamates (subject to hydrolysis) is 1. The van der Waals surface area contributed by atoms with Crippen LogP contribution in [-0.4, -0.2) is 63.7 Å². The number of ether oxygens (including phenoxy) is 1. The maximum Gasteiger partial charge on any atom is 0.408 e. The summed E-state index contributed by atoms with van der Waals surface area (Å²) in [6.45, 7) is 7.67. The van der Waals surface area contributed by atoms with Crippen LogP contribution in [-0.2, 0) is 25.5 Å². The van der Waals surface area contributed by atoms with Crippen LogP contribution in [0.2, 0.25) is 0 Å². The molecule has 3 amide bonds. The number of rotatable bonds is 7. The maximum atomic E-state index is 13.0. The van der Waals surface area contributed by atoms with Gasteiger partial charge in [-0.05, 0) is 40.2 Å². The second-order valence-electron chi connectivity index (χ2n) is 9.01. The van der Waals surface area contributed by atoms with E-state index in [0.29, 0.717) is 0 Å². The topological polar surface area (TPSA) is 125 Å².